The average Bonchev–Trinajstić information content (AvgIpc) is 2.74. The molecule has 2 heterocycles. The summed E-state index contributed by atoms with van der Waals surface area (Å²) < 4.78 is 0. The van der Waals surface area contributed by atoms with Crippen molar-refractivity contribution < 1.29 is 0 Å². The van der Waals surface area contributed by atoms with E-state index in [2.05, 4.69) is 34.3 Å². The molecule has 0 unspecified atom stereocenters. The molecule has 0 spiro atoms. The van der Waals surface area contributed by atoms with E-state index in [-0.39, 0.29) is 0 Å². The zero-order valence-electron chi connectivity index (χ0n) is 15.1. The minimum Gasteiger partial charge on any atom is -0.373 e. The smallest absolute Gasteiger partial charge is 0.163 e. The highest BCUT2D eigenvalue weighted by Crippen LogP contribution is 2.32. The molecule has 2 aromatic heterocycles. The van der Waals surface area contributed by atoms with Gasteiger partial charge in [-0.3, -0.25) is 4.98 Å². The molecule has 0 amide bonds. The predicted octanol–water partition coefficient (Wildman–Crippen LogP) is 4.58. The van der Waals surface area contributed by atoms with E-state index in [4.69, 9.17) is 10.2 Å². The Labute approximate surface area is 157 Å². The summed E-state index contributed by atoms with van der Waals surface area (Å²) in [5.74, 6) is 1.42. The van der Waals surface area contributed by atoms with Crippen LogP contribution in [0, 0.1) is 18.3 Å². The summed E-state index contributed by atoms with van der Waals surface area (Å²) in [4.78, 5) is 13.7. The van der Waals surface area contributed by atoms with Gasteiger partial charge in [0.1, 0.15) is 5.82 Å². The Hall–Kier alpha value is -3.78. The van der Waals surface area contributed by atoms with Crippen LogP contribution in [0.3, 0.4) is 0 Å². The van der Waals surface area contributed by atoms with Crippen molar-refractivity contribution in [1.82, 2.24) is 15.0 Å². The van der Waals surface area contributed by atoms with Crippen LogP contribution in [0.25, 0.3) is 33.4 Å². The van der Waals surface area contributed by atoms with Crippen LogP contribution in [0.2, 0.25) is 0 Å². The highest BCUT2D eigenvalue weighted by atomic mass is 15.0. The lowest BCUT2D eigenvalue weighted by molar-refractivity contribution is 1.19. The molecule has 5 nitrogen and oxygen atoms in total. The Morgan fingerprint density at radius 1 is 0.963 bits per heavy atom. The Bertz CT molecular complexity index is 1160. The van der Waals surface area contributed by atoms with Crippen LogP contribution in [0.1, 0.15) is 11.1 Å². The number of nitriles is 1. The number of nitrogens with zero attached hydrogens (tertiary/aromatic N) is 4. The number of hydrogen-bond acceptors (Lipinski definition) is 5. The molecule has 0 aliphatic heterocycles. The third kappa shape index (κ3) is 2.98. The molecule has 0 aliphatic carbocycles. The van der Waals surface area contributed by atoms with Crippen molar-refractivity contribution >= 4 is 16.7 Å². The molecule has 27 heavy (non-hydrogen) atoms. The second-order valence-corrected chi connectivity index (χ2v) is 6.21. The maximum Gasteiger partial charge on any atom is 0.163 e. The SMILES string of the molecule is CNc1nc(-c2cccnc2)nc2c(C)c(-c3ccc(C#N)cc3)ccc12. The number of aryl methyl sites for hydroxylation is 1. The lowest BCUT2D eigenvalue weighted by atomic mass is 9.97. The van der Waals surface area contributed by atoms with Gasteiger partial charge in [0.25, 0.3) is 0 Å². The van der Waals surface area contributed by atoms with Gasteiger partial charge < -0.3 is 5.32 Å². The van der Waals surface area contributed by atoms with Gasteiger partial charge in [-0.15, -0.1) is 0 Å². The van der Waals surface area contributed by atoms with Crippen molar-refractivity contribution in [3.05, 3.63) is 72.1 Å². The van der Waals surface area contributed by atoms with Crippen molar-refractivity contribution in [3.63, 3.8) is 0 Å². The number of fused-ring (bicyclic) bond motifs is 1. The predicted molar refractivity (Wildman–Crippen MR) is 107 cm³/mol. The van der Waals surface area contributed by atoms with Crippen LogP contribution in [-0.4, -0.2) is 22.0 Å². The van der Waals surface area contributed by atoms with Crippen LogP contribution in [0.15, 0.2) is 60.9 Å². The largest absolute Gasteiger partial charge is 0.373 e. The molecule has 0 radical (unpaired) electrons. The maximum atomic E-state index is 9.01. The molecule has 2 aromatic carbocycles. The summed E-state index contributed by atoms with van der Waals surface area (Å²) in [5, 5.41) is 13.2. The lowest BCUT2D eigenvalue weighted by Gasteiger charge is -2.13. The van der Waals surface area contributed by atoms with Crippen LogP contribution in [0.5, 0.6) is 0 Å². The number of anilines is 1. The lowest BCUT2D eigenvalue weighted by Crippen LogP contribution is -2.00. The van der Waals surface area contributed by atoms with E-state index in [1.54, 1.807) is 12.4 Å². The van der Waals surface area contributed by atoms with Crippen molar-refractivity contribution in [2.24, 2.45) is 0 Å². The zero-order chi connectivity index (χ0) is 18.8. The number of nitrogens with one attached hydrogen (secondary N) is 1. The van der Waals surface area contributed by atoms with Gasteiger partial charge in [0, 0.05) is 30.4 Å². The molecule has 0 saturated heterocycles. The molecule has 0 fully saturated rings. The van der Waals surface area contributed by atoms with E-state index in [1.165, 1.54) is 0 Å². The summed E-state index contributed by atoms with van der Waals surface area (Å²) in [7, 11) is 1.86. The minimum absolute atomic E-state index is 0.639. The summed E-state index contributed by atoms with van der Waals surface area (Å²) >= 11 is 0. The molecule has 0 bridgehead atoms. The molecule has 0 saturated carbocycles. The van der Waals surface area contributed by atoms with Gasteiger partial charge in [-0.1, -0.05) is 18.2 Å². The Balaban J connectivity index is 1.94. The summed E-state index contributed by atoms with van der Waals surface area (Å²) in [5.41, 5.74) is 5.64. The van der Waals surface area contributed by atoms with Gasteiger partial charge in [0.15, 0.2) is 5.82 Å². The van der Waals surface area contributed by atoms with Crippen molar-refractivity contribution in [3.8, 4) is 28.6 Å². The van der Waals surface area contributed by atoms with E-state index in [0.29, 0.717) is 11.4 Å². The normalized spacial score (nSPS) is 10.6. The standard InChI is InChI=1S/C22H17N5/c1-14-18(16-7-5-15(12-23)6-8-16)9-10-19-20(14)26-21(27-22(19)24-2)17-4-3-11-25-13-17/h3-11,13H,1-2H3,(H,24,26,27). The molecule has 0 aliphatic rings. The number of hydrogen-bond donors (Lipinski definition) is 1. The van der Waals surface area contributed by atoms with Crippen molar-refractivity contribution in [2.45, 2.75) is 6.92 Å². The fraction of sp³-hybridized carbons (Fsp3) is 0.0909. The second kappa shape index (κ2) is 6.85. The van der Waals surface area contributed by atoms with Gasteiger partial charge in [0.2, 0.25) is 0 Å². The fourth-order valence-electron chi connectivity index (χ4n) is 3.18. The van der Waals surface area contributed by atoms with E-state index in [9.17, 15) is 0 Å². The van der Waals surface area contributed by atoms with Crippen LogP contribution in [-0.2, 0) is 0 Å². The van der Waals surface area contributed by atoms with E-state index < -0.39 is 0 Å². The Kier molecular flexibility index (Phi) is 4.23. The summed E-state index contributed by atoms with van der Waals surface area (Å²) in [6, 6.07) is 17.7. The first-order valence-corrected chi connectivity index (χ1v) is 8.61. The molecule has 0 atom stereocenters. The zero-order valence-corrected chi connectivity index (χ0v) is 15.1. The number of benzene rings is 2. The van der Waals surface area contributed by atoms with Crippen molar-refractivity contribution in [1.29, 1.82) is 5.26 Å². The molecule has 1 N–H and O–H groups in total. The maximum absolute atomic E-state index is 9.01. The average molecular weight is 351 g/mol. The van der Waals surface area contributed by atoms with Gasteiger partial charge in [-0.25, -0.2) is 9.97 Å². The van der Waals surface area contributed by atoms with Gasteiger partial charge >= 0.3 is 0 Å². The molecule has 130 valence electrons. The molecular weight excluding hydrogens is 334 g/mol. The monoisotopic (exact) mass is 351 g/mol. The molecule has 4 aromatic rings. The quantitative estimate of drug-likeness (QED) is 0.585. The molecule has 4 rings (SSSR count). The first kappa shape index (κ1) is 16.7. The van der Waals surface area contributed by atoms with E-state index in [0.717, 1.165) is 39.0 Å². The Morgan fingerprint density at radius 2 is 1.78 bits per heavy atom. The summed E-state index contributed by atoms with van der Waals surface area (Å²) in [6.45, 7) is 2.06. The summed E-state index contributed by atoms with van der Waals surface area (Å²) in [6.07, 6.45) is 3.50. The Morgan fingerprint density at radius 3 is 2.44 bits per heavy atom. The molecular formula is C22H17N5. The topological polar surface area (TPSA) is 74.5 Å². The molecule has 5 heteroatoms. The minimum atomic E-state index is 0.639. The van der Waals surface area contributed by atoms with Crippen LogP contribution in [0.4, 0.5) is 5.82 Å². The van der Waals surface area contributed by atoms with Gasteiger partial charge in [-0.2, -0.15) is 5.26 Å². The van der Waals surface area contributed by atoms with E-state index in [1.807, 2.05) is 49.5 Å². The van der Waals surface area contributed by atoms with Crippen LogP contribution < -0.4 is 5.32 Å². The second-order valence-electron chi connectivity index (χ2n) is 6.21. The first-order chi connectivity index (χ1) is 13.2. The fourth-order valence-corrected chi connectivity index (χ4v) is 3.18. The van der Waals surface area contributed by atoms with E-state index >= 15 is 0 Å². The van der Waals surface area contributed by atoms with Gasteiger partial charge in [-0.05, 0) is 53.9 Å². The number of aromatic nitrogens is 3. The number of rotatable bonds is 3. The first-order valence-electron chi connectivity index (χ1n) is 8.61. The van der Waals surface area contributed by atoms with Crippen LogP contribution >= 0.6 is 0 Å². The highest BCUT2D eigenvalue weighted by molar-refractivity contribution is 5.96. The number of pyridine rings is 1. The van der Waals surface area contributed by atoms with Crippen molar-refractivity contribution in [2.75, 3.05) is 12.4 Å². The van der Waals surface area contributed by atoms with Gasteiger partial charge in [0.05, 0.1) is 17.1 Å². The third-order valence-electron chi connectivity index (χ3n) is 4.60. The highest BCUT2D eigenvalue weighted by Gasteiger charge is 2.13. The third-order valence-corrected chi connectivity index (χ3v) is 4.60.